The van der Waals surface area contributed by atoms with Crippen molar-refractivity contribution in [1.82, 2.24) is 5.32 Å². The Labute approximate surface area is 169 Å². The first-order valence-corrected chi connectivity index (χ1v) is 9.31. The summed E-state index contributed by atoms with van der Waals surface area (Å²) in [6.07, 6.45) is -2.50. The highest BCUT2D eigenvalue weighted by Gasteiger charge is 2.29. The van der Waals surface area contributed by atoms with Crippen LogP contribution in [0.5, 0.6) is 0 Å². The molecule has 0 fully saturated rings. The Bertz CT molecular complexity index is 689. The number of ether oxygens (including phenoxy) is 3. The van der Waals surface area contributed by atoms with Crippen LogP contribution in [0.1, 0.15) is 45.6 Å². The lowest BCUT2D eigenvalue weighted by Gasteiger charge is -2.23. The Morgan fingerprint density at radius 1 is 1.03 bits per heavy atom. The molecule has 1 aromatic carbocycles. The molecule has 9 heteroatoms. The summed E-state index contributed by atoms with van der Waals surface area (Å²) >= 11 is 0. The molecule has 2 N–H and O–H groups in total. The van der Waals surface area contributed by atoms with Gasteiger partial charge in [-0.25, -0.2) is 9.59 Å². The molecule has 0 radical (unpaired) electrons. The number of rotatable bonds is 11. The van der Waals surface area contributed by atoms with Crippen LogP contribution in [0.3, 0.4) is 0 Å². The number of hydrogen-bond acceptors (Lipinski definition) is 7. The highest BCUT2D eigenvalue weighted by atomic mass is 16.7. The summed E-state index contributed by atoms with van der Waals surface area (Å²) in [6.45, 7) is 5.10. The molecular weight excluding hydrogens is 382 g/mol. The molecule has 0 bridgehead atoms. The van der Waals surface area contributed by atoms with Crippen LogP contribution in [-0.4, -0.2) is 41.4 Å². The van der Waals surface area contributed by atoms with Crippen LogP contribution >= 0.6 is 0 Å². The Kier molecular flexibility index (Phi) is 10.2. The van der Waals surface area contributed by atoms with E-state index in [1.165, 1.54) is 0 Å². The van der Waals surface area contributed by atoms with Gasteiger partial charge in [-0.3, -0.25) is 9.59 Å². The number of amides is 1. The first kappa shape index (κ1) is 23.9. The van der Waals surface area contributed by atoms with Gasteiger partial charge in [-0.15, -0.1) is 0 Å². The second kappa shape index (κ2) is 12.4. The van der Waals surface area contributed by atoms with E-state index in [1.54, 1.807) is 32.9 Å². The number of alkyl carbamates (subject to hydrolysis) is 1. The molecule has 0 saturated heterocycles. The lowest BCUT2D eigenvalue weighted by Crippen LogP contribution is -2.46. The predicted octanol–water partition coefficient (Wildman–Crippen LogP) is 2.62. The highest BCUT2D eigenvalue weighted by molar-refractivity contribution is 5.82. The van der Waals surface area contributed by atoms with E-state index in [9.17, 15) is 19.2 Å². The Hall–Kier alpha value is -3.10. The molecule has 1 amide bonds. The minimum absolute atomic E-state index is 0.0469. The molecule has 0 aliphatic heterocycles. The lowest BCUT2D eigenvalue weighted by atomic mass is 10.1. The molecule has 0 spiro atoms. The van der Waals surface area contributed by atoms with Crippen molar-refractivity contribution >= 4 is 24.0 Å². The first-order chi connectivity index (χ1) is 13.7. The highest BCUT2D eigenvalue weighted by Crippen LogP contribution is 2.11. The largest absolute Gasteiger partial charge is 0.481 e. The van der Waals surface area contributed by atoms with E-state index in [1.807, 2.05) is 18.2 Å². The van der Waals surface area contributed by atoms with Gasteiger partial charge in [0.2, 0.25) is 6.29 Å². The van der Waals surface area contributed by atoms with Crippen molar-refractivity contribution in [2.45, 2.75) is 59.0 Å². The smallest absolute Gasteiger partial charge is 0.408 e. The minimum atomic E-state index is -1.17. The van der Waals surface area contributed by atoms with E-state index in [4.69, 9.17) is 19.3 Å². The van der Waals surface area contributed by atoms with Crippen molar-refractivity contribution in [2.24, 2.45) is 5.92 Å². The number of hydrogen-bond donors (Lipinski definition) is 2. The Morgan fingerprint density at radius 3 is 2.24 bits per heavy atom. The molecular formula is C20H27NO8. The number of aliphatic carboxylic acids is 1. The summed E-state index contributed by atoms with van der Waals surface area (Å²) in [6, 6.07) is 8.05. The van der Waals surface area contributed by atoms with Crippen LogP contribution in [-0.2, 0) is 35.2 Å². The van der Waals surface area contributed by atoms with E-state index < -0.39 is 36.3 Å². The fraction of sp³-hybridized carbons (Fsp3) is 0.500. The Balaban J connectivity index is 2.57. The lowest BCUT2D eigenvalue weighted by molar-refractivity contribution is -0.191. The van der Waals surface area contributed by atoms with Crippen molar-refractivity contribution in [3.05, 3.63) is 35.9 Å². The summed E-state index contributed by atoms with van der Waals surface area (Å²) in [5.41, 5.74) is 0.797. The molecule has 1 rings (SSSR count). The third-order valence-electron chi connectivity index (χ3n) is 3.79. The van der Waals surface area contributed by atoms with Gasteiger partial charge in [0, 0.05) is 6.42 Å². The van der Waals surface area contributed by atoms with Crippen LogP contribution in [0, 0.1) is 5.92 Å². The van der Waals surface area contributed by atoms with E-state index in [0.717, 1.165) is 5.56 Å². The van der Waals surface area contributed by atoms with Gasteiger partial charge in [0.15, 0.2) is 0 Å². The third-order valence-corrected chi connectivity index (χ3v) is 3.79. The van der Waals surface area contributed by atoms with Gasteiger partial charge in [0.25, 0.3) is 0 Å². The van der Waals surface area contributed by atoms with E-state index in [-0.39, 0.29) is 31.8 Å². The minimum Gasteiger partial charge on any atom is -0.481 e. The molecule has 9 nitrogen and oxygen atoms in total. The summed E-state index contributed by atoms with van der Waals surface area (Å²) in [4.78, 5) is 46.6. The normalized spacial score (nSPS) is 12.6. The summed E-state index contributed by atoms with van der Waals surface area (Å²) in [5.74, 6) is -3.02. The van der Waals surface area contributed by atoms with E-state index in [0.29, 0.717) is 0 Å². The monoisotopic (exact) mass is 409 g/mol. The Morgan fingerprint density at radius 2 is 1.69 bits per heavy atom. The van der Waals surface area contributed by atoms with Gasteiger partial charge in [0.1, 0.15) is 12.6 Å². The molecule has 160 valence electrons. The van der Waals surface area contributed by atoms with Gasteiger partial charge in [0.05, 0.1) is 12.8 Å². The number of carboxylic acid groups (broad SMARTS) is 1. The molecule has 0 aliphatic rings. The van der Waals surface area contributed by atoms with Crippen molar-refractivity contribution in [2.75, 3.05) is 0 Å². The zero-order valence-electron chi connectivity index (χ0n) is 16.8. The molecule has 0 saturated carbocycles. The van der Waals surface area contributed by atoms with Crippen LogP contribution < -0.4 is 5.32 Å². The maximum Gasteiger partial charge on any atom is 0.408 e. The molecule has 1 unspecified atom stereocenters. The topological polar surface area (TPSA) is 128 Å². The van der Waals surface area contributed by atoms with Crippen molar-refractivity contribution in [1.29, 1.82) is 0 Å². The number of carbonyl (C=O) groups excluding carboxylic acids is 3. The summed E-state index contributed by atoms with van der Waals surface area (Å²) < 4.78 is 15.2. The number of esters is 2. The van der Waals surface area contributed by atoms with Crippen molar-refractivity contribution < 1.29 is 38.5 Å². The van der Waals surface area contributed by atoms with Gasteiger partial charge in [-0.1, -0.05) is 51.1 Å². The average molecular weight is 409 g/mol. The fourth-order valence-electron chi connectivity index (χ4n) is 2.20. The number of carbonyl (C=O) groups is 4. The van der Waals surface area contributed by atoms with Crippen molar-refractivity contribution in [3.8, 4) is 0 Å². The van der Waals surface area contributed by atoms with E-state index >= 15 is 0 Å². The van der Waals surface area contributed by atoms with Crippen LogP contribution in [0.15, 0.2) is 30.3 Å². The van der Waals surface area contributed by atoms with Crippen molar-refractivity contribution in [3.63, 3.8) is 0 Å². The molecule has 29 heavy (non-hydrogen) atoms. The van der Waals surface area contributed by atoms with Gasteiger partial charge in [-0.05, 0) is 11.5 Å². The summed E-state index contributed by atoms with van der Waals surface area (Å²) in [7, 11) is 0. The number of benzene rings is 1. The molecule has 0 aliphatic carbocycles. The van der Waals surface area contributed by atoms with Gasteiger partial charge >= 0.3 is 24.0 Å². The second-order valence-corrected chi connectivity index (χ2v) is 6.59. The zero-order valence-corrected chi connectivity index (χ0v) is 16.8. The predicted molar refractivity (Wildman–Crippen MR) is 102 cm³/mol. The van der Waals surface area contributed by atoms with Crippen LogP contribution in [0.4, 0.5) is 4.79 Å². The standard InChI is InChI=1S/C20H27NO8/c1-4-17(28-16(24)11-10-15(22)23)29-19(25)18(13(2)3)21-20(26)27-12-14-8-6-5-7-9-14/h5-9,13,17-18H,4,10-12H2,1-3H3,(H,21,26)(H,22,23)/t17?,18-/m0/s1. The molecule has 2 atom stereocenters. The van der Waals surface area contributed by atoms with Gasteiger partial charge in [-0.2, -0.15) is 0 Å². The number of carboxylic acids is 1. The quantitative estimate of drug-likeness (QED) is 0.422. The zero-order chi connectivity index (χ0) is 21.8. The SMILES string of the molecule is CCC(OC(=O)CCC(=O)O)OC(=O)[C@@H](NC(=O)OCc1ccccc1)C(C)C. The maximum atomic E-state index is 12.4. The maximum absolute atomic E-state index is 12.4. The second-order valence-electron chi connectivity index (χ2n) is 6.59. The van der Waals surface area contributed by atoms with E-state index in [2.05, 4.69) is 5.32 Å². The first-order valence-electron chi connectivity index (χ1n) is 9.31. The molecule has 0 heterocycles. The van der Waals surface area contributed by atoms with Gasteiger partial charge < -0.3 is 24.6 Å². The molecule has 1 aromatic rings. The third kappa shape index (κ3) is 9.59. The average Bonchev–Trinajstić information content (AvgIpc) is 2.68. The van der Waals surface area contributed by atoms with Crippen LogP contribution in [0.25, 0.3) is 0 Å². The number of nitrogens with one attached hydrogen (secondary N) is 1. The molecule has 0 aromatic heterocycles. The fourth-order valence-corrected chi connectivity index (χ4v) is 2.20. The summed E-state index contributed by atoms with van der Waals surface area (Å²) in [5, 5.41) is 11.0. The van der Waals surface area contributed by atoms with Crippen LogP contribution in [0.2, 0.25) is 0 Å².